The zero-order valence-electron chi connectivity index (χ0n) is 15.9. The summed E-state index contributed by atoms with van der Waals surface area (Å²) in [4.78, 5) is 14.1. The highest BCUT2D eigenvalue weighted by molar-refractivity contribution is 5.73. The fourth-order valence-electron chi connectivity index (χ4n) is 2.47. The van der Waals surface area contributed by atoms with Gasteiger partial charge in [-0.2, -0.15) is 0 Å². The first-order valence-electron chi connectivity index (χ1n) is 9.04. The first kappa shape index (κ1) is 19.8. The van der Waals surface area contributed by atoms with Gasteiger partial charge in [-0.1, -0.05) is 48.9 Å². The van der Waals surface area contributed by atoms with E-state index in [1.807, 2.05) is 43.3 Å². The molecule has 0 aromatic heterocycles. The maximum atomic E-state index is 11.9. The number of rotatable bonds is 9. The summed E-state index contributed by atoms with van der Waals surface area (Å²) in [6.07, 6.45) is 0. The Morgan fingerprint density at radius 3 is 2.54 bits per heavy atom. The normalized spacial score (nSPS) is 10.6. The van der Waals surface area contributed by atoms with Crippen LogP contribution in [0.2, 0.25) is 0 Å². The van der Waals surface area contributed by atoms with Crippen LogP contribution in [0.3, 0.4) is 0 Å². The van der Waals surface area contributed by atoms with Crippen LogP contribution < -0.4 is 15.4 Å². The minimum atomic E-state index is -0.186. The number of hydrogen-bond acceptors (Lipinski definition) is 3. The van der Waals surface area contributed by atoms with Crippen molar-refractivity contribution in [2.24, 2.45) is 0 Å². The maximum Gasteiger partial charge on any atom is 0.315 e. The fourth-order valence-corrected chi connectivity index (χ4v) is 2.47. The quantitative estimate of drug-likeness (QED) is 0.679. The molecule has 0 saturated heterocycles. The SMILES string of the molecule is CCN(C)Cc1cccc(CNC(=O)NCCOc2ccc(C)cc2)c1. The Labute approximate surface area is 156 Å². The number of urea groups is 1. The molecule has 2 aromatic rings. The Morgan fingerprint density at radius 2 is 1.81 bits per heavy atom. The van der Waals surface area contributed by atoms with E-state index in [0.29, 0.717) is 19.7 Å². The summed E-state index contributed by atoms with van der Waals surface area (Å²) in [7, 11) is 2.09. The van der Waals surface area contributed by atoms with E-state index in [2.05, 4.69) is 41.6 Å². The second-order valence-electron chi connectivity index (χ2n) is 6.42. The maximum absolute atomic E-state index is 11.9. The molecule has 2 amide bonds. The van der Waals surface area contributed by atoms with E-state index in [4.69, 9.17) is 4.74 Å². The van der Waals surface area contributed by atoms with Gasteiger partial charge in [0.2, 0.25) is 0 Å². The van der Waals surface area contributed by atoms with Crippen molar-refractivity contribution in [3.63, 3.8) is 0 Å². The molecule has 2 aromatic carbocycles. The Hall–Kier alpha value is -2.53. The molecule has 0 bridgehead atoms. The van der Waals surface area contributed by atoms with Gasteiger partial charge in [0.05, 0.1) is 6.54 Å². The van der Waals surface area contributed by atoms with Crippen molar-refractivity contribution in [2.75, 3.05) is 26.7 Å². The highest BCUT2D eigenvalue weighted by atomic mass is 16.5. The van der Waals surface area contributed by atoms with Crippen molar-refractivity contribution in [2.45, 2.75) is 26.9 Å². The molecule has 0 saturated carbocycles. The Kier molecular flexibility index (Phi) is 7.96. The van der Waals surface area contributed by atoms with Gasteiger partial charge in [0.15, 0.2) is 0 Å². The summed E-state index contributed by atoms with van der Waals surface area (Å²) in [5, 5.41) is 5.69. The molecule has 140 valence electrons. The number of benzene rings is 2. The molecule has 0 aliphatic rings. The smallest absolute Gasteiger partial charge is 0.315 e. The second-order valence-corrected chi connectivity index (χ2v) is 6.42. The molecule has 0 atom stereocenters. The molecular weight excluding hydrogens is 326 g/mol. The monoisotopic (exact) mass is 355 g/mol. The van der Waals surface area contributed by atoms with Crippen LogP contribution in [0.5, 0.6) is 5.75 Å². The fraction of sp³-hybridized carbons (Fsp3) is 0.381. The lowest BCUT2D eigenvalue weighted by atomic mass is 10.1. The van der Waals surface area contributed by atoms with E-state index in [1.54, 1.807) is 0 Å². The van der Waals surface area contributed by atoms with Crippen LogP contribution in [0, 0.1) is 6.92 Å². The van der Waals surface area contributed by atoms with Crippen LogP contribution in [-0.4, -0.2) is 37.7 Å². The summed E-state index contributed by atoms with van der Waals surface area (Å²) in [5.41, 5.74) is 3.54. The number of hydrogen-bond donors (Lipinski definition) is 2. The van der Waals surface area contributed by atoms with Gasteiger partial charge in [0.25, 0.3) is 0 Å². The molecule has 2 N–H and O–H groups in total. The number of carbonyl (C=O) groups is 1. The van der Waals surface area contributed by atoms with E-state index < -0.39 is 0 Å². The third kappa shape index (κ3) is 7.15. The highest BCUT2D eigenvalue weighted by Crippen LogP contribution is 2.10. The predicted molar refractivity (Wildman–Crippen MR) is 105 cm³/mol. The van der Waals surface area contributed by atoms with Crippen LogP contribution in [0.4, 0.5) is 4.79 Å². The van der Waals surface area contributed by atoms with E-state index in [0.717, 1.165) is 24.4 Å². The summed E-state index contributed by atoms with van der Waals surface area (Å²) in [6, 6.07) is 16.0. The Morgan fingerprint density at radius 1 is 1.08 bits per heavy atom. The van der Waals surface area contributed by atoms with E-state index in [9.17, 15) is 4.79 Å². The average molecular weight is 355 g/mol. The van der Waals surface area contributed by atoms with Crippen molar-refractivity contribution in [3.05, 3.63) is 65.2 Å². The molecule has 0 fully saturated rings. The zero-order valence-corrected chi connectivity index (χ0v) is 15.9. The summed E-state index contributed by atoms with van der Waals surface area (Å²) in [6.45, 7) is 7.50. The number of ether oxygens (including phenoxy) is 1. The number of aryl methyl sites for hydroxylation is 1. The number of carbonyl (C=O) groups excluding carboxylic acids is 1. The third-order valence-electron chi connectivity index (χ3n) is 4.11. The lowest BCUT2D eigenvalue weighted by molar-refractivity contribution is 0.236. The van der Waals surface area contributed by atoms with Gasteiger partial charge in [-0.05, 0) is 43.8 Å². The lowest BCUT2D eigenvalue weighted by Crippen LogP contribution is -2.37. The van der Waals surface area contributed by atoms with Crippen LogP contribution in [0.25, 0.3) is 0 Å². The minimum absolute atomic E-state index is 0.186. The molecule has 26 heavy (non-hydrogen) atoms. The first-order chi connectivity index (χ1) is 12.6. The molecular formula is C21H29N3O2. The van der Waals surface area contributed by atoms with Crippen molar-refractivity contribution in [3.8, 4) is 5.75 Å². The van der Waals surface area contributed by atoms with Crippen LogP contribution >= 0.6 is 0 Å². The van der Waals surface area contributed by atoms with Crippen molar-refractivity contribution < 1.29 is 9.53 Å². The molecule has 0 heterocycles. The highest BCUT2D eigenvalue weighted by Gasteiger charge is 2.03. The number of nitrogens with zero attached hydrogens (tertiary/aromatic N) is 1. The standard InChI is InChI=1S/C21H29N3O2/c1-4-24(3)16-19-7-5-6-18(14-19)15-23-21(25)22-12-13-26-20-10-8-17(2)9-11-20/h5-11,14H,4,12-13,15-16H2,1-3H3,(H2,22,23,25). The molecule has 5 heteroatoms. The van der Waals surface area contributed by atoms with E-state index >= 15 is 0 Å². The largest absolute Gasteiger partial charge is 0.492 e. The topological polar surface area (TPSA) is 53.6 Å². The number of nitrogens with one attached hydrogen (secondary N) is 2. The van der Waals surface area contributed by atoms with Crippen LogP contribution in [0.1, 0.15) is 23.6 Å². The first-order valence-corrected chi connectivity index (χ1v) is 9.04. The minimum Gasteiger partial charge on any atom is -0.492 e. The molecule has 0 unspecified atom stereocenters. The van der Waals surface area contributed by atoms with Gasteiger partial charge in [0, 0.05) is 13.1 Å². The average Bonchev–Trinajstić information content (AvgIpc) is 2.65. The summed E-state index contributed by atoms with van der Waals surface area (Å²) >= 11 is 0. The molecule has 0 radical (unpaired) electrons. The predicted octanol–water partition coefficient (Wildman–Crippen LogP) is 3.32. The van der Waals surface area contributed by atoms with Crippen molar-refractivity contribution in [1.82, 2.24) is 15.5 Å². The van der Waals surface area contributed by atoms with Crippen molar-refractivity contribution in [1.29, 1.82) is 0 Å². The number of amides is 2. The van der Waals surface area contributed by atoms with Crippen LogP contribution in [0.15, 0.2) is 48.5 Å². The molecule has 0 spiro atoms. The summed E-state index contributed by atoms with van der Waals surface area (Å²) in [5.74, 6) is 0.812. The second kappa shape index (κ2) is 10.5. The van der Waals surface area contributed by atoms with E-state index in [1.165, 1.54) is 11.1 Å². The Bertz CT molecular complexity index is 686. The Balaban J connectivity index is 1.66. The molecule has 5 nitrogen and oxygen atoms in total. The van der Waals surface area contributed by atoms with Crippen molar-refractivity contribution >= 4 is 6.03 Å². The van der Waals surface area contributed by atoms with Gasteiger partial charge < -0.3 is 20.3 Å². The van der Waals surface area contributed by atoms with Gasteiger partial charge in [-0.15, -0.1) is 0 Å². The van der Waals surface area contributed by atoms with Gasteiger partial charge in [-0.25, -0.2) is 4.79 Å². The molecule has 0 aliphatic heterocycles. The molecule has 0 aliphatic carbocycles. The van der Waals surface area contributed by atoms with Gasteiger partial charge in [-0.3, -0.25) is 0 Å². The van der Waals surface area contributed by atoms with E-state index in [-0.39, 0.29) is 6.03 Å². The lowest BCUT2D eigenvalue weighted by Gasteiger charge is -2.14. The van der Waals surface area contributed by atoms with Gasteiger partial charge in [0.1, 0.15) is 12.4 Å². The molecule has 2 rings (SSSR count). The summed E-state index contributed by atoms with van der Waals surface area (Å²) < 4.78 is 5.59. The van der Waals surface area contributed by atoms with Crippen LogP contribution in [-0.2, 0) is 13.1 Å². The third-order valence-corrected chi connectivity index (χ3v) is 4.11. The zero-order chi connectivity index (χ0) is 18.8. The van der Waals surface area contributed by atoms with Gasteiger partial charge >= 0.3 is 6.03 Å².